The fraction of sp³-hybridized carbons (Fsp3) is 0.250. The number of benzene rings is 1. The second-order valence-electron chi connectivity index (χ2n) is 4.96. The summed E-state index contributed by atoms with van der Waals surface area (Å²) < 4.78 is 11.0. The van der Waals surface area contributed by atoms with Crippen molar-refractivity contribution >= 4 is 11.7 Å². The Kier molecular flexibility index (Phi) is 4.09. The minimum atomic E-state index is -0.282. The van der Waals surface area contributed by atoms with E-state index in [0.29, 0.717) is 24.7 Å². The van der Waals surface area contributed by atoms with E-state index >= 15 is 0 Å². The minimum absolute atomic E-state index is 0.160. The molecule has 114 valence electrons. The van der Waals surface area contributed by atoms with Crippen LogP contribution in [-0.2, 0) is 0 Å². The predicted octanol–water partition coefficient (Wildman–Crippen LogP) is 2.74. The predicted molar refractivity (Wildman–Crippen MR) is 82.2 cm³/mol. The number of pyridine rings is 1. The zero-order valence-corrected chi connectivity index (χ0v) is 12.2. The first-order chi connectivity index (χ1) is 10.7. The fourth-order valence-electron chi connectivity index (χ4n) is 2.21. The van der Waals surface area contributed by atoms with Crippen LogP contribution in [0.25, 0.3) is 0 Å². The molecular weight excluding hydrogens is 282 g/mol. The van der Waals surface area contributed by atoms with Crippen molar-refractivity contribution in [2.75, 3.05) is 18.5 Å². The van der Waals surface area contributed by atoms with E-state index < -0.39 is 0 Å². The van der Waals surface area contributed by atoms with Gasteiger partial charge in [-0.15, -0.1) is 0 Å². The lowest BCUT2D eigenvalue weighted by Crippen LogP contribution is -2.31. The zero-order valence-electron chi connectivity index (χ0n) is 12.2. The molecule has 6 heteroatoms. The Hall–Kier alpha value is -2.76. The average Bonchev–Trinajstić information content (AvgIpc) is 2.55. The maximum atomic E-state index is 12.0. The smallest absolute Gasteiger partial charge is 0.319 e. The number of urea groups is 1. The van der Waals surface area contributed by atoms with Gasteiger partial charge in [-0.3, -0.25) is 4.98 Å². The second-order valence-corrected chi connectivity index (χ2v) is 4.96. The van der Waals surface area contributed by atoms with Crippen LogP contribution in [0.3, 0.4) is 0 Å². The lowest BCUT2D eigenvalue weighted by atomic mass is 10.1. The van der Waals surface area contributed by atoms with E-state index in [2.05, 4.69) is 15.6 Å². The Morgan fingerprint density at radius 3 is 2.82 bits per heavy atom. The molecular formula is C16H17N3O3. The number of fused-ring (bicyclic) bond motifs is 1. The molecule has 1 aromatic heterocycles. The lowest BCUT2D eigenvalue weighted by molar-refractivity contribution is 0.171. The van der Waals surface area contributed by atoms with Crippen LogP contribution in [0.2, 0.25) is 0 Å². The molecule has 3 rings (SSSR count). The van der Waals surface area contributed by atoms with Crippen molar-refractivity contribution in [2.24, 2.45) is 0 Å². The number of aromatic nitrogens is 1. The van der Waals surface area contributed by atoms with Gasteiger partial charge in [0.25, 0.3) is 0 Å². The monoisotopic (exact) mass is 299 g/mol. The normalized spacial score (nSPS) is 14.0. The van der Waals surface area contributed by atoms with Gasteiger partial charge in [-0.1, -0.05) is 6.07 Å². The Morgan fingerprint density at radius 2 is 2.05 bits per heavy atom. The molecule has 1 aromatic carbocycles. The average molecular weight is 299 g/mol. The Bertz CT molecular complexity index is 661. The number of hydrogen-bond donors (Lipinski definition) is 2. The first-order valence-corrected chi connectivity index (χ1v) is 7.09. The molecule has 0 bridgehead atoms. The van der Waals surface area contributed by atoms with Gasteiger partial charge in [-0.25, -0.2) is 4.79 Å². The lowest BCUT2D eigenvalue weighted by Gasteiger charge is -2.21. The maximum absolute atomic E-state index is 12.0. The van der Waals surface area contributed by atoms with Crippen molar-refractivity contribution in [1.82, 2.24) is 10.3 Å². The quantitative estimate of drug-likeness (QED) is 0.914. The molecule has 1 aliphatic rings. The number of hydrogen-bond acceptors (Lipinski definition) is 4. The number of carbonyl (C=O) groups is 1. The van der Waals surface area contributed by atoms with E-state index in [1.807, 2.05) is 25.1 Å². The van der Waals surface area contributed by atoms with Gasteiger partial charge in [0.05, 0.1) is 17.9 Å². The molecule has 0 fully saturated rings. The summed E-state index contributed by atoms with van der Waals surface area (Å²) in [6.45, 7) is 3.02. The summed E-state index contributed by atoms with van der Waals surface area (Å²) in [5.41, 5.74) is 1.60. The summed E-state index contributed by atoms with van der Waals surface area (Å²) in [6.07, 6.45) is 3.25. The largest absolute Gasteiger partial charge is 0.486 e. The van der Waals surface area contributed by atoms with Crippen molar-refractivity contribution < 1.29 is 14.3 Å². The summed E-state index contributed by atoms with van der Waals surface area (Å²) >= 11 is 0. The van der Waals surface area contributed by atoms with Crippen molar-refractivity contribution in [3.05, 3.63) is 48.3 Å². The second kappa shape index (κ2) is 6.34. The summed E-state index contributed by atoms with van der Waals surface area (Å²) in [5.74, 6) is 1.45. The molecule has 2 N–H and O–H groups in total. The van der Waals surface area contributed by atoms with Crippen LogP contribution in [0.4, 0.5) is 10.5 Å². The molecule has 6 nitrogen and oxygen atoms in total. The third-order valence-corrected chi connectivity index (χ3v) is 3.33. The molecule has 2 aromatic rings. The first-order valence-electron chi connectivity index (χ1n) is 7.09. The van der Waals surface area contributed by atoms with Crippen LogP contribution in [0.5, 0.6) is 11.5 Å². The van der Waals surface area contributed by atoms with Gasteiger partial charge in [-0.2, -0.15) is 0 Å². The number of amides is 2. The highest BCUT2D eigenvalue weighted by Crippen LogP contribution is 2.32. The topological polar surface area (TPSA) is 72.5 Å². The summed E-state index contributed by atoms with van der Waals surface area (Å²) in [7, 11) is 0. The number of rotatable bonds is 3. The van der Waals surface area contributed by atoms with Crippen LogP contribution in [0, 0.1) is 0 Å². The van der Waals surface area contributed by atoms with E-state index in [1.54, 1.807) is 24.5 Å². The maximum Gasteiger partial charge on any atom is 0.319 e. The number of carbonyl (C=O) groups excluding carboxylic acids is 1. The van der Waals surface area contributed by atoms with Gasteiger partial charge in [0.1, 0.15) is 13.2 Å². The number of anilines is 1. The molecule has 1 atom stereocenters. The van der Waals surface area contributed by atoms with E-state index in [4.69, 9.17) is 9.47 Å². The Labute approximate surface area is 128 Å². The number of ether oxygens (including phenoxy) is 2. The van der Waals surface area contributed by atoms with E-state index in [1.165, 1.54) is 0 Å². The Morgan fingerprint density at radius 1 is 1.23 bits per heavy atom. The summed E-state index contributed by atoms with van der Waals surface area (Å²) in [6, 6.07) is 8.77. The van der Waals surface area contributed by atoms with Gasteiger partial charge < -0.3 is 20.1 Å². The minimum Gasteiger partial charge on any atom is -0.486 e. The van der Waals surface area contributed by atoms with Crippen molar-refractivity contribution in [3.63, 3.8) is 0 Å². The van der Waals surface area contributed by atoms with Crippen LogP contribution >= 0.6 is 0 Å². The van der Waals surface area contributed by atoms with Gasteiger partial charge in [0, 0.05) is 6.20 Å². The molecule has 2 amide bonds. The molecule has 0 saturated heterocycles. The van der Waals surface area contributed by atoms with Crippen molar-refractivity contribution in [1.29, 1.82) is 0 Å². The molecule has 0 aliphatic carbocycles. The highest BCUT2D eigenvalue weighted by Gasteiger charge is 2.15. The van der Waals surface area contributed by atoms with Crippen LogP contribution < -0.4 is 20.1 Å². The SMILES string of the molecule is C[C@@H](NC(=O)Nc1cccnc1)c1ccc2c(c1)OCCO2. The fourth-order valence-corrected chi connectivity index (χ4v) is 2.21. The van der Waals surface area contributed by atoms with Gasteiger partial charge >= 0.3 is 6.03 Å². The summed E-state index contributed by atoms with van der Waals surface area (Å²) in [5, 5.41) is 5.61. The third-order valence-electron chi connectivity index (χ3n) is 3.33. The third kappa shape index (κ3) is 3.28. The molecule has 0 saturated carbocycles. The molecule has 2 heterocycles. The Balaban J connectivity index is 1.64. The van der Waals surface area contributed by atoms with Crippen LogP contribution in [0.15, 0.2) is 42.7 Å². The first kappa shape index (κ1) is 14.2. The highest BCUT2D eigenvalue weighted by atomic mass is 16.6. The van der Waals surface area contributed by atoms with Crippen LogP contribution in [0.1, 0.15) is 18.5 Å². The standard InChI is InChI=1S/C16H17N3O3/c1-11(18-16(20)19-13-3-2-6-17-10-13)12-4-5-14-15(9-12)22-8-7-21-14/h2-6,9-11H,7-8H2,1H3,(H2,18,19,20)/t11-/m1/s1. The van der Waals surface area contributed by atoms with Crippen LogP contribution in [-0.4, -0.2) is 24.2 Å². The van der Waals surface area contributed by atoms with E-state index in [9.17, 15) is 4.79 Å². The molecule has 0 unspecified atom stereocenters. The number of nitrogens with one attached hydrogen (secondary N) is 2. The number of nitrogens with zero attached hydrogens (tertiary/aromatic N) is 1. The summed E-state index contributed by atoms with van der Waals surface area (Å²) in [4.78, 5) is 15.9. The van der Waals surface area contributed by atoms with Gasteiger partial charge in [-0.05, 0) is 36.8 Å². The van der Waals surface area contributed by atoms with Gasteiger partial charge in [0.15, 0.2) is 11.5 Å². The van der Waals surface area contributed by atoms with Gasteiger partial charge in [0.2, 0.25) is 0 Å². The van der Waals surface area contributed by atoms with E-state index in [-0.39, 0.29) is 12.1 Å². The molecule has 1 aliphatic heterocycles. The van der Waals surface area contributed by atoms with Crippen molar-refractivity contribution in [3.8, 4) is 11.5 Å². The molecule has 0 spiro atoms. The molecule has 0 radical (unpaired) electrons. The molecule has 22 heavy (non-hydrogen) atoms. The highest BCUT2D eigenvalue weighted by molar-refractivity contribution is 5.89. The van der Waals surface area contributed by atoms with E-state index in [0.717, 1.165) is 11.3 Å². The zero-order chi connectivity index (χ0) is 15.4. The van der Waals surface area contributed by atoms with Crippen molar-refractivity contribution in [2.45, 2.75) is 13.0 Å².